The van der Waals surface area contributed by atoms with Gasteiger partial charge >= 0.3 is 10.0 Å². The molecule has 0 unspecified atom stereocenters. The fraction of sp³-hybridized carbons (Fsp3) is 0.533. The summed E-state index contributed by atoms with van der Waals surface area (Å²) >= 11 is 0. The van der Waals surface area contributed by atoms with Gasteiger partial charge in [0.15, 0.2) is 17.2 Å². The normalized spacial score (nSPS) is 19.8. The minimum Gasteiger partial charge on any atom is -0.505 e. The van der Waals surface area contributed by atoms with E-state index in [1.807, 2.05) is 0 Å². The molecular formula is C15H21N2O3Si+. The van der Waals surface area contributed by atoms with E-state index in [2.05, 4.69) is 9.89 Å². The lowest BCUT2D eigenvalue weighted by atomic mass is 10.2. The van der Waals surface area contributed by atoms with Crippen molar-refractivity contribution in [1.82, 2.24) is 5.32 Å². The van der Waals surface area contributed by atoms with Crippen molar-refractivity contribution >= 4 is 15.8 Å². The number of benzene rings is 1. The molecule has 112 valence electrons. The average molecular weight is 305 g/mol. The maximum absolute atomic E-state index is 9.13. The molecule has 0 amide bonds. The number of phenolic OH excluding ortho intramolecular Hbond substituents is 1. The number of phenols is 1. The molecule has 0 aromatic heterocycles. The van der Waals surface area contributed by atoms with Gasteiger partial charge in [-0.3, -0.25) is 9.89 Å². The molecule has 1 aromatic carbocycles. The van der Waals surface area contributed by atoms with Crippen molar-refractivity contribution in [2.24, 2.45) is 0 Å². The molecule has 3 heterocycles. The van der Waals surface area contributed by atoms with Crippen LogP contribution < -0.4 is 14.2 Å². The highest BCUT2D eigenvalue weighted by atomic mass is 28.3. The third kappa shape index (κ3) is 3.50. The lowest BCUT2D eigenvalue weighted by Gasteiger charge is -2.14. The van der Waals surface area contributed by atoms with Gasteiger partial charge in [0.25, 0.3) is 0 Å². The topological polar surface area (TPSA) is 53.7 Å². The van der Waals surface area contributed by atoms with Crippen LogP contribution in [0.25, 0.3) is 0 Å². The smallest absolute Gasteiger partial charge is 0.505 e. The van der Waals surface area contributed by atoms with Gasteiger partial charge in [0.1, 0.15) is 0 Å². The van der Waals surface area contributed by atoms with E-state index in [-0.39, 0.29) is 15.8 Å². The average Bonchev–Trinajstić information content (AvgIpc) is 2.87. The number of nitrogens with one attached hydrogen (secondary N) is 1. The molecule has 5 nitrogen and oxygen atoms in total. The second kappa shape index (κ2) is 6.84. The number of hydrogen-bond acceptors (Lipinski definition) is 4. The monoisotopic (exact) mass is 305 g/mol. The lowest BCUT2D eigenvalue weighted by molar-refractivity contribution is -0.534. The van der Waals surface area contributed by atoms with Crippen LogP contribution in [0.15, 0.2) is 18.2 Å². The van der Waals surface area contributed by atoms with Crippen LogP contribution in [-0.2, 0) is 0 Å². The minimum atomic E-state index is -0.0173. The third-order valence-electron chi connectivity index (χ3n) is 3.91. The molecule has 3 aliphatic heterocycles. The Labute approximate surface area is 127 Å². The lowest BCUT2D eigenvalue weighted by Crippen LogP contribution is -2.40. The maximum Gasteiger partial charge on any atom is 0.610 e. The quantitative estimate of drug-likeness (QED) is 0.565. The Bertz CT molecular complexity index is 516. The molecule has 0 atom stereocenters. The molecule has 4 rings (SSSR count). The summed E-state index contributed by atoms with van der Waals surface area (Å²) in [7, 11) is -0.0173. The Kier molecular flexibility index (Phi) is 4.64. The van der Waals surface area contributed by atoms with E-state index in [9.17, 15) is 0 Å². The number of amidine groups is 1. The van der Waals surface area contributed by atoms with E-state index in [4.69, 9.17) is 14.0 Å². The molecular weight excluding hydrogens is 284 g/mol. The van der Waals surface area contributed by atoms with Gasteiger partial charge < -0.3 is 14.0 Å². The van der Waals surface area contributed by atoms with Crippen LogP contribution >= 0.6 is 0 Å². The Morgan fingerprint density at radius 1 is 1.10 bits per heavy atom. The molecule has 21 heavy (non-hydrogen) atoms. The van der Waals surface area contributed by atoms with Gasteiger partial charge in [-0.05, 0) is 31.4 Å². The van der Waals surface area contributed by atoms with Crippen molar-refractivity contribution in [3.8, 4) is 17.2 Å². The summed E-state index contributed by atoms with van der Waals surface area (Å²) < 4.78 is 12.5. The summed E-state index contributed by atoms with van der Waals surface area (Å²) in [6, 6.07) is 5.04. The van der Waals surface area contributed by atoms with E-state index in [1.54, 1.807) is 18.2 Å². The fourth-order valence-electron chi connectivity index (χ4n) is 2.81. The van der Waals surface area contributed by atoms with E-state index in [0.29, 0.717) is 11.5 Å². The summed E-state index contributed by atoms with van der Waals surface area (Å²) in [5.74, 6) is 2.75. The molecule has 0 bridgehead atoms. The summed E-state index contributed by atoms with van der Waals surface area (Å²) in [5, 5.41) is 12.6. The molecule has 0 spiro atoms. The standard InChI is InChI=1S/C9H16N2.C6H4O3Si/c1-2-5-9-10-6-4-8-11(9)7-3-1;7-4-2-1-3-5-6(4)9-10-8-5/h1-8H2;1-3,7H/p+1. The maximum atomic E-state index is 9.13. The number of para-hydroxylation sites is 1. The van der Waals surface area contributed by atoms with Crippen molar-refractivity contribution in [1.29, 1.82) is 0 Å². The van der Waals surface area contributed by atoms with Crippen molar-refractivity contribution in [2.75, 3.05) is 19.6 Å². The van der Waals surface area contributed by atoms with E-state index in [1.165, 1.54) is 57.6 Å². The van der Waals surface area contributed by atoms with Crippen LogP contribution in [0.5, 0.6) is 17.2 Å². The Morgan fingerprint density at radius 3 is 2.90 bits per heavy atom. The Morgan fingerprint density at radius 2 is 2.00 bits per heavy atom. The number of hydrogen-bond donors (Lipinski definition) is 2. The van der Waals surface area contributed by atoms with Crippen LogP contribution in [0.4, 0.5) is 0 Å². The van der Waals surface area contributed by atoms with E-state index >= 15 is 0 Å². The van der Waals surface area contributed by atoms with E-state index in [0.717, 1.165) is 0 Å². The van der Waals surface area contributed by atoms with Crippen LogP contribution in [0, 0.1) is 0 Å². The predicted octanol–water partition coefficient (Wildman–Crippen LogP) is 1.66. The van der Waals surface area contributed by atoms with E-state index < -0.39 is 0 Å². The Balaban J connectivity index is 0.000000126. The van der Waals surface area contributed by atoms with Crippen molar-refractivity contribution in [2.45, 2.75) is 32.1 Å². The number of fused-ring (bicyclic) bond motifs is 1. The van der Waals surface area contributed by atoms with Crippen LogP contribution in [0.2, 0.25) is 0 Å². The molecule has 0 fully saturated rings. The highest BCUT2D eigenvalue weighted by Gasteiger charge is 2.20. The molecule has 0 saturated heterocycles. The molecule has 2 N–H and O–H groups in total. The molecule has 0 saturated carbocycles. The first kappa shape index (κ1) is 14.3. The summed E-state index contributed by atoms with van der Waals surface area (Å²) in [5.41, 5.74) is 0. The molecule has 6 heteroatoms. The van der Waals surface area contributed by atoms with Gasteiger partial charge in [-0.25, -0.2) is 0 Å². The van der Waals surface area contributed by atoms with Gasteiger partial charge in [0, 0.05) is 12.8 Å². The van der Waals surface area contributed by atoms with Gasteiger partial charge in [-0.1, -0.05) is 6.07 Å². The Hall–Kier alpha value is -1.69. The van der Waals surface area contributed by atoms with Crippen LogP contribution in [-0.4, -0.2) is 45.2 Å². The molecule has 0 aliphatic carbocycles. The van der Waals surface area contributed by atoms with Crippen molar-refractivity contribution in [3.05, 3.63) is 18.2 Å². The van der Waals surface area contributed by atoms with Gasteiger partial charge in [0.05, 0.1) is 19.6 Å². The highest BCUT2D eigenvalue weighted by Crippen LogP contribution is 2.38. The van der Waals surface area contributed by atoms with Crippen LogP contribution in [0.1, 0.15) is 32.1 Å². The molecule has 3 aliphatic rings. The largest absolute Gasteiger partial charge is 0.610 e. The first-order chi connectivity index (χ1) is 10.3. The SMILES string of the molecule is C1CCC2=[N+](CC1)CCCN2.Oc1cccc2c1O[Si]O2. The number of rotatable bonds is 0. The zero-order chi connectivity index (χ0) is 14.5. The first-order valence-electron chi connectivity index (χ1n) is 7.60. The fourth-order valence-corrected chi connectivity index (χ4v) is 3.39. The van der Waals surface area contributed by atoms with Crippen molar-refractivity contribution < 1.29 is 18.5 Å². The summed E-state index contributed by atoms with van der Waals surface area (Å²) in [6.07, 6.45) is 6.81. The number of nitrogens with zero attached hydrogens (tertiary/aromatic N) is 1. The predicted molar refractivity (Wildman–Crippen MR) is 81.2 cm³/mol. The van der Waals surface area contributed by atoms with Gasteiger partial charge in [-0.2, -0.15) is 0 Å². The summed E-state index contributed by atoms with van der Waals surface area (Å²) in [6.45, 7) is 3.79. The zero-order valence-corrected chi connectivity index (χ0v) is 13.1. The zero-order valence-electron chi connectivity index (χ0n) is 12.1. The molecule has 1 aromatic rings. The van der Waals surface area contributed by atoms with Crippen LogP contribution in [0.3, 0.4) is 0 Å². The minimum absolute atomic E-state index is 0.0173. The number of aromatic hydroxyl groups is 1. The first-order valence-corrected chi connectivity index (χ1v) is 8.41. The highest BCUT2D eigenvalue weighted by molar-refractivity contribution is 6.23. The van der Waals surface area contributed by atoms with Crippen molar-refractivity contribution in [3.63, 3.8) is 0 Å². The van der Waals surface area contributed by atoms with Gasteiger partial charge in [-0.15, -0.1) is 0 Å². The third-order valence-corrected chi connectivity index (χ3v) is 4.50. The molecule has 2 radical (unpaired) electrons. The second-order valence-electron chi connectivity index (χ2n) is 5.42. The summed E-state index contributed by atoms with van der Waals surface area (Å²) in [4.78, 5) is 0. The van der Waals surface area contributed by atoms with Gasteiger partial charge in [0.2, 0.25) is 5.84 Å². The second-order valence-corrected chi connectivity index (χ2v) is 5.99.